The normalized spacial score (nSPS) is 12.0. The zero-order valence-corrected chi connectivity index (χ0v) is 16.6. The van der Waals surface area contributed by atoms with E-state index in [-0.39, 0.29) is 5.75 Å². The van der Waals surface area contributed by atoms with Gasteiger partial charge in [-0.25, -0.2) is 9.67 Å². The van der Waals surface area contributed by atoms with Gasteiger partial charge in [0.1, 0.15) is 23.5 Å². The van der Waals surface area contributed by atoms with E-state index in [1.165, 1.54) is 22.9 Å². The molecule has 0 radical (unpaired) electrons. The Labute approximate surface area is 180 Å². The smallest absolute Gasteiger partial charge is 0.497 e. The molecule has 32 heavy (non-hydrogen) atoms. The number of nitrogens with zero attached hydrogens (tertiary/aromatic N) is 5. The lowest BCUT2D eigenvalue weighted by Gasteiger charge is -2.13. The molecule has 10 heteroatoms. The quantitative estimate of drug-likeness (QED) is 0.395. The number of methoxy groups -OCH3 is 1. The lowest BCUT2D eigenvalue weighted by molar-refractivity contribution is -0.274. The van der Waals surface area contributed by atoms with E-state index in [1.807, 2.05) is 24.3 Å². The van der Waals surface area contributed by atoms with Crippen molar-refractivity contribution in [3.8, 4) is 34.7 Å². The maximum atomic E-state index is 12.7. The summed E-state index contributed by atoms with van der Waals surface area (Å²) in [6, 6.07) is 11.4. The molecule has 0 saturated heterocycles. The number of aromatic nitrogens is 5. The molecule has 0 spiro atoms. The van der Waals surface area contributed by atoms with Crippen LogP contribution in [0.1, 0.15) is 22.6 Å². The van der Waals surface area contributed by atoms with Crippen molar-refractivity contribution in [2.45, 2.75) is 12.8 Å². The number of benzene rings is 2. The standard InChI is InChI=1S/C22H14F3N5O2/c1-31-16-5-2-14(3-6-16)4-8-18-20-10-15-12-27-28-30(15)21-11-17(32-22(23,24)25)7-9-19(21)29(20)13-26-18/h2-3,5-7,9,11-13H,10H2,1H3. The molecule has 1 aliphatic rings. The van der Waals surface area contributed by atoms with E-state index in [2.05, 4.69) is 31.9 Å². The van der Waals surface area contributed by atoms with Crippen molar-refractivity contribution in [3.63, 3.8) is 0 Å². The summed E-state index contributed by atoms with van der Waals surface area (Å²) in [4.78, 5) is 4.43. The Morgan fingerprint density at radius 3 is 2.53 bits per heavy atom. The Bertz CT molecular complexity index is 1360. The fraction of sp³-hybridized carbons (Fsp3) is 0.136. The number of ether oxygens (including phenoxy) is 2. The number of rotatable bonds is 2. The van der Waals surface area contributed by atoms with Crippen LogP contribution in [0, 0.1) is 11.8 Å². The van der Waals surface area contributed by atoms with Crippen LogP contribution in [-0.4, -0.2) is 38.0 Å². The van der Waals surface area contributed by atoms with Crippen LogP contribution in [0.25, 0.3) is 11.4 Å². The summed E-state index contributed by atoms with van der Waals surface area (Å²) in [5.74, 6) is 6.55. The summed E-state index contributed by atoms with van der Waals surface area (Å²) in [7, 11) is 1.59. The summed E-state index contributed by atoms with van der Waals surface area (Å²) in [5, 5.41) is 7.96. The van der Waals surface area contributed by atoms with Gasteiger partial charge in [0.25, 0.3) is 0 Å². The van der Waals surface area contributed by atoms with Crippen LogP contribution in [0.15, 0.2) is 55.0 Å². The van der Waals surface area contributed by atoms with E-state index in [9.17, 15) is 13.2 Å². The SMILES string of the molecule is COc1ccc(C#Cc2ncn3c2Cc2cnnn2-c2cc(OC(F)(F)F)ccc2-3)cc1. The van der Waals surface area contributed by atoms with E-state index >= 15 is 0 Å². The molecule has 0 unspecified atom stereocenters. The van der Waals surface area contributed by atoms with Crippen LogP contribution < -0.4 is 9.47 Å². The van der Waals surface area contributed by atoms with Crippen LogP contribution in [-0.2, 0) is 6.42 Å². The fourth-order valence-electron chi connectivity index (χ4n) is 3.49. The van der Waals surface area contributed by atoms with Crippen molar-refractivity contribution in [2.24, 2.45) is 0 Å². The highest BCUT2D eigenvalue weighted by Gasteiger charge is 2.32. The molecule has 0 fully saturated rings. The topological polar surface area (TPSA) is 67.0 Å². The molecule has 0 aliphatic carbocycles. The van der Waals surface area contributed by atoms with Crippen molar-refractivity contribution in [1.29, 1.82) is 0 Å². The first-order chi connectivity index (χ1) is 15.4. The molecular formula is C22H14F3N5O2. The summed E-state index contributed by atoms with van der Waals surface area (Å²) in [5.41, 5.74) is 3.79. The van der Waals surface area contributed by atoms with Gasteiger partial charge in [-0.2, -0.15) is 0 Å². The van der Waals surface area contributed by atoms with Crippen LogP contribution in [0.3, 0.4) is 0 Å². The highest BCUT2D eigenvalue weighted by Crippen LogP contribution is 2.33. The van der Waals surface area contributed by atoms with Crippen molar-refractivity contribution in [2.75, 3.05) is 7.11 Å². The summed E-state index contributed by atoms with van der Waals surface area (Å²) in [6.45, 7) is 0. The fourth-order valence-corrected chi connectivity index (χ4v) is 3.49. The van der Waals surface area contributed by atoms with Gasteiger partial charge in [0.2, 0.25) is 0 Å². The number of halogens is 3. The number of alkyl halides is 3. The van der Waals surface area contributed by atoms with Gasteiger partial charge in [-0.3, -0.25) is 4.57 Å². The number of fused-ring (bicyclic) bond motifs is 5. The molecule has 2 aromatic heterocycles. The average Bonchev–Trinajstić information content (AvgIpc) is 3.36. The number of imidazole rings is 1. The van der Waals surface area contributed by atoms with Gasteiger partial charge in [0, 0.05) is 18.1 Å². The van der Waals surface area contributed by atoms with Crippen LogP contribution >= 0.6 is 0 Å². The Hall–Kier alpha value is -4.26. The van der Waals surface area contributed by atoms with E-state index in [0.717, 1.165) is 17.0 Å². The van der Waals surface area contributed by atoms with E-state index < -0.39 is 6.36 Å². The zero-order valence-electron chi connectivity index (χ0n) is 16.6. The van der Waals surface area contributed by atoms with Crippen LogP contribution in [0.2, 0.25) is 0 Å². The second-order valence-electron chi connectivity index (χ2n) is 6.90. The van der Waals surface area contributed by atoms with Gasteiger partial charge in [-0.05, 0) is 42.3 Å². The first-order valence-electron chi connectivity index (χ1n) is 9.44. The van der Waals surface area contributed by atoms with Gasteiger partial charge in [-0.15, -0.1) is 18.3 Å². The lowest BCUT2D eigenvalue weighted by atomic mass is 10.1. The molecule has 0 bridgehead atoms. The third-order valence-corrected chi connectivity index (χ3v) is 4.92. The molecule has 0 amide bonds. The Balaban J connectivity index is 1.58. The number of hydrogen-bond acceptors (Lipinski definition) is 5. The second-order valence-corrected chi connectivity index (χ2v) is 6.90. The molecule has 0 saturated carbocycles. The predicted octanol–water partition coefficient (Wildman–Crippen LogP) is 3.66. The summed E-state index contributed by atoms with van der Waals surface area (Å²) in [6.07, 6.45) is -1.25. The minimum absolute atomic E-state index is 0.346. The zero-order chi connectivity index (χ0) is 22.3. The monoisotopic (exact) mass is 437 g/mol. The van der Waals surface area contributed by atoms with Gasteiger partial charge in [-0.1, -0.05) is 11.1 Å². The maximum Gasteiger partial charge on any atom is 0.573 e. The third kappa shape index (κ3) is 3.65. The van der Waals surface area contributed by atoms with Crippen LogP contribution in [0.4, 0.5) is 13.2 Å². The van der Waals surface area contributed by atoms with Crippen molar-refractivity contribution in [3.05, 3.63) is 77.6 Å². The lowest BCUT2D eigenvalue weighted by Crippen LogP contribution is -2.17. The molecule has 0 N–H and O–H groups in total. The van der Waals surface area contributed by atoms with E-state index in [1.54, 1.807) is 24.2 Å². The van der Waals surface area contributed by atoms with E-state index in [4.69, 9.17) is 4.74 Å². The Morgan fingerprint density at radius 1 is 1.00 bits per heavy atom. The largest absolute Gasteiger partial charge is 0.573 e. The first kappa shape index (κ1) is 19.7. The second kappa shape index (κ2) is 7.46. The highest BCUT2D eigenvalue weighted by molar-refractivity contribution is 5.59. The minimum atomic E-state index is -4.80. The van der Waals surface area contributed by atoms with Crippen LogP contribution in [0.5, 0.6) is 11.5 Å². The summed E-state index contributed by atoms with van der Waals surface area (Å²) < 4.78 is 50.6. The average molecular weight is 437 g/mol. The molecule has 5 rings (SSSR count). The third-order valence-electron chi connectivity index (χ3n) is 4.92. The van der Waals surface area contributed by atoms with Crippen molar-refractivity contribution >= 4 is 0 Å². The molecule has 0 atom stereocenters. The number of hydrogen-bond donors (Lipinski definition) is 0. The molecule has 2 aromatic carbocycles. The molecule has 160 valence electrons. The van der Waals surface area contributed by atoms with Crippen molar-refractivity contribution in [1.82, 2.24) is 24.5 Å². The van der Waals surface area contributed by atoms with Gasteiger partial charge >= 0.3 is 6.36 Å². The predicted molar refractivity (Wildman–Crippen MR) is 107 cm³/mol. The van der Waals surface area contributed by atoms with Crippen molar-refractivity contribution < 1.29 is 22.6 Å². The highest BCUT2D eigenvalue weighted by atomic mass is 19.4. The van der Waals surface area contributed by atoms with Gasteiger partial charge < -0.3 is 9.47 Å². The van der Waals surface area contributed by atoms with E-state index in [0.29, 0.717) is 29.2 Å². The molecule has 4 aromatic rings. The van der Waals surface area contributed by atoms with Gasteiger partial charge in [0.05, 0.1) is 36.1 Å². The summed E-state index contributed by atoms with van der Waals surface area (Å²) >= 11 is 0. The maximum absolute atomic E-state index is 12.7. The molecule has 7 nitrogen and oxygen atoms in total. The minimum Gasteiger partial charge on any atom is -0.497 e. The molecule has 3 heterocycles. The molecule has 1 aliphatic heterocycles. The Morgan fingerprint density at radius 2 is 1.78 bits per heavy atom. The van der Waals surface area contributed by atoms with Gasteiger partial charge in [0.15, 0.2) is 0 Å². The Kier molecular flexibility index (Phi) is 4.59. The molecular weight excluding hydrogens is 423 g/mol. The first-order valence-corrected chi connectivity index (χ1v) is 9.44.